The number of rotatable bonds is 6. The van der Waals surface area contributed by atoms with Crippen molar-refractivity contribution in [2.75, 3.05) is 42.0 Å². The van der Waals surface area contributed by atoms with Gasteiger partial charge in [-0.2, -0.15) is 0 Å². The van der Waals surface area contributed by atoms with Crippen molar-refractivity contribution in [3.63, 3.8) is 0 Å². The van der Waals surface area contributed by atoms with Crippen LogP contribution in [0.2, 0.25) is 0 Å². The summed E-state index contributed by atoms with van der Waals surface area (Å²) in [7, 11) is 4.86. The van der Waals surface area contributed by atoms with Crippen LogP contribution in [0.4, 0.5) is 0 Å². The van der Waals surface area contributed by atoms with Crippen LogP contribution in [0.5, 0.6) is 0 Å². The molecule has 0 bridgehead atoms. The minimum absolute atomic E-state index is 0. The average Bonchev–Trinajstić information content (AvgIpc) is 1.53. The van der Waals surface area contributed by atoms with Crippen molar-refractivity contribution in [2.45, 2.75) is 149 Å². The second kappa shape index (κ2) is 67.6. The fraction of sp³-hybridized carbons (Fsp3) is 0.333. The molecule has 2 aliphatic carbocycles. The molecular formula is C84H124O8Y2. The summed E-state index contributed by atoms with van der Waals surface area (Å²) in [5.74, 6) is 0. The van der Waals surface area contributed by atoms with E-state index in [2.05, 4.69) is 252 Å². The quantitative estimate of drug-likeness (QED) is 0.121. The number of fused-ring (bicyclic) bond motifs is 8. The molecule has 10 aromatic carbocycles. The van der Waals surface area contributed by atoms with Crippen LogP contribution in [0, 0.1) is 0 Å². The predicted molar refractivity (Wildman–Crippen MR) is 408 cm³/mol. The van der Waals surface area contributed by atoms with Crippen LogP contribution in [0.15, 0.2) is 243 Å². The Morgan fingerprint density at radius 2 is 0.426 bits per heavy atom. The first-order valence-electron chi connectivity index (χ1n) is 33.2. The Labute approximate surface area is 623 Å². The molecule has 8 nitrogen and oxygen atoms in total. The van der Waals surface area contributed by atoms with E-state index in [0.717, 1.165) is 14.2 Å². The van der Waals surface area contributed by atoms with E-state index >= 15 is 0 Å². The first-order valence-corrected chi connectivity index (χ1v) is 33.2. The van der Waals surface area contributed by atoms with Gasteiger partial charge in [0.05, 0.1) is 10.8 Å². The van der Waals surface area contributed by atoms with Gasteiger partial charge in [-0.15, -0.1) is 0 Å². The molecule has 514 valence electrons. The Bertz CT molecular complexity index is 3020. The summed E-state index contributed by atoms with van der Waals surface area (Å²) < 4.78 is 8.19. The van der Waals surface area contributed by atoms with Crippen molar-refractivity contribution in [1.29, 1.82) is 0 Å². The van der Waals surface area contributed by atoms with Gasteiger partial charge in [0, 0.05) is 93.9 Å². The Balaban J connectivity index is -0.000000180. The van der Waals surface area contributed by atoms with E-state index in [9.17, 15) is 0 Å². The van der Waals surface area contributed by atoms with Gasteiger partial charge in [0.15, 0.2) is 0 Å². The summed E-state index contributed by atoms with van der Waals surface area (Å²) in [5.41, 5.74) is 15.4. The van der Waals surface area contributed by atoms with Gasteiger partial charge in [-0.3, -0.25) is 0 Å². The Morgan fingerprint density at radius 3 is 0.649 bits per heavy atom. The Hall–Kier alpha value is -5.39. The van der Waals surface area contributed by atoms with Crippen LogP contribution >= 0.6 is 0 Å². The van der Waals surface area contributed by atoms with Crippen LogP contribution in [0.3, 0.4) is 0 Å². The summed E-state index contributed by atoms with van der Waals surface area (Å²) in [4.78, 5) is 0. The van der Waals surface area contributed by atoms with E-state index in [1.165, 1.54) is 103 Å². The van der Waals surface area contributed by atoms with Crippen LogP contribution in [0.1, 0.15) is 183 Å². The van der Waals surface area contributed by atoms with Crippen molar-refractivity contribution in [1.82, 2.24) is 0 Å². The standard InChI is InChI=1S/C33H22.C25H18.2C2H6O2.10C2H6.2CH4O.2H2O.2Y/c1-3-11-25-21-27(19-17-23(25)9-1)33(28-20-18-24-10-2-4-12-26(24)22-28)31-15-7-5-13-29(31)30-14-6-8-16-32(30)33;1-3-11-19(12-4-1)25(20-13-5-2-6-14-20)23-17-9-7-15-21(23)22-16-8-10-18-24(22)25;2*1-4-2-3;12*1-2;;;;/h1-22H;1-18H;2*3H,2H2,1H3;10*1-2H3;2*2H,1H3;2*1H2;;. The molecule has 0 amide bonds. The molecule has 0 heterocycles. The number of ether oxygens (including phenoxy) is 2. The third kappa shape index (κ3) is 27.3. The monoisotopic (exact) mass is 1440 g/mol. The molecule has 0 aromatic heterocycles. The van der Waals surface area contributed by atoms with Gasteiger partial charge in [-0.25, -0.2) is 0 Å². The molecule has 0 saturated carbocycles. The van der Waals surface area contributed by atoms with Crippen LogP contribution < -0.4 is 0 Å². The molecule has 94 heavy (non-hydrogen) atoms. The maximum absolute atomic E-state index is 7.65. The topological polar surface area (TPSA) is 162 Å². The molecule has 0 atom stereocenters. The van der Waals surface area contributed by atoms with Crippen molar-refractivity contribution >= 4 is 21.5 Å². The van der Waals surface area contributed by atoms with Gasteiger partial charge in [0.1, 0.15) is 13.6 Å². The van der Waals surface area contributed by atoms with Crippen molar-refractivity contribution in [3.05, 3.63) is 287 Å². The summed E-state index contributed by atoms with van der Waals surface area (Å²) in [6.45, 7) is 39.6. The molecule has 2 radical (unpaired) electrons. The molecule has 10 aromatic rings. The first kappa shape index (κ1) is 105. The Morgan fingerprint density at radius 1 is 0.245 bits per heavy atom. The molecule has 0 unspecified atom stereocenters. The maximum atomic E-state index is 7.65. The van der Waals surface area contributed by atoms with Crippen molar-refractivity contribution in [3.8, 4) is 22.3 Å². The van der Waals surface area contributed by atoms with E-state index in [-0.39, 0.29) is 101 Å². The third-order valence-electron chi connectivity index (χ3n) is 12.9. The first-order chi connectivity index (χ1) is 44.6. The van der Waals surface area contributed by atoms with E-state index in [0.29, 0.717) is 0 Å². The van der Waals surface area contributed by atoms with Gasteiger partial charge >= 0.3 is 0 Å². The fourth-order valence-corrected chi connectivity index (χ4v) is 10.3. The largest absolute Gasteiger partial charge is 0.412 e. The zero-order valence-corrected chi connectivity index (χ0v) is 67.9. The molecule has 2 aliphatic rings. The van der Waals surface area contributed by atoms with Crippen molar-refractivity contribution in [2.24, 2.45) is 0 Å². The summed E-state index contributed by atoms with van der Waals surface area (Å²) in [6.07, 6.45) is 0. The van der Waals surface area contributed by atoms with E-state index in [4.69, 9.17) is 20.4 Å². The third-order valence-corrected chi connectivity index (χ3v) is 12.9. The Kier molecular flexibility index (Phi) is 75.3. The smallest absolute Gasteiger partial charge is 0.143 e. The molecule has 12 rings (SSSR count). The van der Waals surface area contributed by atoms with Gasteiger partial charge in [-0.05, 0) is 100 Å². The molecule has 0 spiro atoms. The van der Waals surface area contributed by atoms with E-state index in [1.54, 1.807) is 0 Å². The SMILES string of the molecule is CC.CC.CC.CC.CC.CC.CC.CC.CC.CC.CO.CO.COCO.COCO.O.O.[Y].[Y].c1ccc(C2(c3ccccc3)c3ccccc3-c3ccccc32)cc1.c1ccc2c(c1)-c1ccccc1C2(c1ccc2ccccc2c1)c1ccc2ccccc2c1. The molecule has 0 saturated heterocycles. The zero-order chi connectivity index (χ0) is 69.4. The number of aliphatic hydroxyl groups excluding tert-OH is 4. The van der Waals surface area contributed by atoms with Gasteiger partial charge < -0.3 is 40.9 Å². The zero-order valence-electron chi connectivity index (χ0n) is 62.3. The van der Waals surface area contributed by atoms with Gasteiger partial charge in [0.2, 0.25) is 0 Å². The molecular weight excluding hydrogens is 1310 g/mol. The van der Waals surface area contributed by atoms with E-state index < -0.39 is 0 Å². The number of methoxy groups -OCH3 is 2. The van der Waals surface area contributed by atoms with Crippen LogP contribution in [-0.2, 0) is 85.7 Å². The summed E-state index contributed by atoms with van der Waals surface area (Å²) >= 11 is 0. The maximum Gasteiger partial charge on any atom is 0.143 e. The molecule has 0 fully saturated rings. The summed E-state index contributed by atoms with van der Waals surface area (Å²) in [6, 6.07) is 88.6. The molecule has 8 N–H and O–H groups in total. The number of hydrogen-bond acceptors (Lipinski definition) is 6. The van der Waals surface area contributed by atoms with Crippen LogP contribution in [0.25, 0.3) is 43.8 Å². The van der Waals surface area contributed by atoms with Gasteiger partial charge in [-0.1, -0.05) is 369 Å². The fourth-order valence-electron chi connectivity index (χ4n) is 10.3. The van der Waals surface area contributed by atoms with E-state index in [1.807, 2.05) is 138 Å². The minimum atomic E-state index is -0.360. The molecule has 10 heteroatoms. The predicted octanol–water partition coefficient (Wildman–Crippen LogP) is 21.4. The van der Waals surface area contributed by atoms with Crippen LogP contribution in [-0.4, -0.2) is 73.4 Å². The average molecular weight is 1440 g/mol. The number of aliphatic hydroxyl groups is 4. The van der Waals surface area contributed by atoms with Crippen molar-refractivity contribution < 1.29 is 106 Å². The minimum Gasteiger partial charge on any atom is -0.412 e. The normalized spacial score (nSPS) is 9.91. The second-order valence-electron chi connectivity index (χ2n) is 16.4. The number of hydrogen-bond donors (Lipinski definition) is 4. The number of benzene rings is 10. The summed E-state index contributed by atoms with van der Waals surface area (Å²) in [5, 5.41) is 34.4. The second-order valence-corrected chi connectivity index (χ2v) is 16.4. The molecule has 0 aliphatic heterocycles. The van der Waals surface area contributed by atoms with Gasteiger partial charge in [0.25, 0.3) is 0 Å².